The maximum atomic E-state index is 13.3. The second-order valence-corrected chi connectivity index (χ2v) is 12.9. The monoisotopic (exact) mass is 568 g/mol. The number of hydrogen-bond acceptors (Lipinski definition) is 5. The molecule has 2 aromatic carbocycles. The van der Waals surface area contributed by atoms with Gasteiger partial charge in [0.05, 0.1) is 32.7 Å². The van der Waals surface area contributed by atoms with Crippen molar-refractivity contribution in [2.75, 3.05) is 26.7 Å². The molecule has 7 nitrogen and oxygen atoms in total. The number of piperidine rings is 1. The Labute approximate surface area is 229 Å². The first kappa shape index (κ1) is 28.3. The Morgan fingerprint density at radius 1 is 1.08 bits per heavy atom. The Kier molecular flexibility index (Phi) is 9.20. The Balaban J connectivity index is 1.33. The highest BCUT2D eigenvalue weighted by atomic mass is 35.5. The van der Waals surface area contributed by atoms with Crippen LogP contribution in [0.3, 0.4) is 0 Å². The largest absolute Gasteiger partial charge is 0.389 e. The average Bonchev–Trinajstić information content (AvgIpc) is 2.89. The van der Waals surface area contributed by atoms with Crippen molar-refractivity contribution in [1.82, 2.24) is 9.21 Å². The molecule has 1 aliphatic carbocycles. The molecule has 1 heterocycles. The number of nitrogens with zero attached hydrogens (tertiary/aromatic N) is 2. The van der Waals surface area contributed by atoms with Crippen LogP contribution in [0.15, 0.2) is 53.4 Å². The van der Waals surface area contributed by atoms with Crippen molar-refractivity contribution in [1.29, 1.82) is 0 Å². The quantitative estimate of drug-likeness (QED) is 0.505. The second kappa shape index (κ2) is 12.0. The number of likely N-dealkylation sites (tertiary alicyclic amines) is 1. The molecule has 1 saturated heterocycles. The zero-order chi connectivity index (χ0) is 26.6. The summed E-state index contributed by atoms with van der Waals surface area (Å²) < 4.78 is 34.0. The zero-order valence-electron chi connectivity index (χ0n) is 21.0. The number of likely N-dealkylation sites (N-methyl/N-ethyl adjacent to an activating group) is 1. The van der Waals surface area contributed by atoms with Gasteiger partial charge in [0.1, 0.15) is 6.61 Å². The lowest BCUT2D eigenvalue weighted by Crippen LogP contribution is -2.50. The second-order valence-electron chi connectivity index (χ2n) is 10.1. The van der Waals surface area contributed by atoms with Crippen LogP contribution in [0.4, 0.5) is 0 Å². The number of benzene rings is 2. The minimum absolute atomic E-state index is 0.0705. The van der Waals surface area contributed by atoms with Crippen molar-refractivity contribution in [2.24, 2.45) is 0 Å². The molecule has 10 heteroatoms. The van der Waals surface area contributed by atoms with Gasteiger partial charge in [-0.1, -0.05) is 66.4 Å². The number of amides is 1. The summed E-state index contributed by atoms with van der Waals surface area (Å²) in [6, 6.07) is 13.7. The number of halogens is 2. The Hall–Kier alpha value is -1.68. The molecule has 1 aliphatic heterocycles. The van der Waals surface area contributed by atoms with Crippen LogP contribution in [0.2, 0.25) is 10.0 Å². The van der Waals surface area contributed by atoms with Gasteiger partial charge < -0.3 is 14.7 Å². The first-order valence-electron chi connectivity index (χ1n) is 12.7. The average molecular weight is 570 g/mol. The molecular weight excluding hydrogens is 535 g/mol. The van der Waals surface area contributed by atoms with Gasteiger partial charge in [-0.05, 0) is 49.4 Å². The van der Waals surface area contributed by atoms with Crippen molar-refractivity contribution in [2.45, 2.75) is 67.6 Å². The van der Waals surface area contributed by atoms with Crippen LogP contribution >= 0.6 is 23.2 Å². The molecule has 2 unspecified atom stereocenters. The van der Waals surface area contributed by atoms with E-state index in [-0.39, 0.29) is 33.6 Å². The van der Waals surface area contributed by atoms with Crippen LogP contribution in [-0.4, -0.2) is 73.1 Å². The van der Waals surface area contributed by atoms with E-state index in [1.54, 1.807) is 11.9 Å². The topological polar surface area (TPSA) is 87.2 Å². The van der Waals surface area contributed by atoms with Crippen molar-refractivity contribution < 1.29 is 23.1 Å². The highest BCUT2D eigenvalue weighted by molar-refractivity contribution is 7.89. The van der Waals surface area contributed by atoms with E-state index in [4.69, 9.17) is 27.9 Å². The minimum Gasteiger partial charge on any atom is -0.389 e. The standard InChI is InChI=1S/C27H34Cl2N2O5S/c1-30(37(34,35)21-11-12-22(28)23(29)17-21)24-9-5-6-10-25(24)36-19-26(32)31-15-13-27(33,14-16-31)18-20-7-3-2-4-8-20/h2-4,7-8,11-12,17,24-25,33H,5-6,9-10,13-16,18-19H2,1H3. The molecule has 1 N–H and O–H groups in total. The minimum atomic E-state index is -3.82. The van der Waals surface area contributed by atoms with Crippen LogP contribution in [0, 0.1) is 0 Å². The van der Waals surface area contributed by atoms with Gasteiger partial charge in [-0.3, -0.25) is 4.79 Å². The first-order valence-corrected chi connectivity index (χ1v) is 14.9. The van der Waals surface area contributed by atoms with E-state index in [0.717, 1.165) is 18.4 Å². The number of ether oxygens (including phenoxy) is 1. The third-order valence-electron chi connectivity index (χ3n) is 7.55. The normalized spacial score (nSPS) is 22.2. The number of rotatable bonds is 8. The third-order valence-corrected chi connectivity index (χ3v) is 10.2. The number of carbonyl (C=O) groups excluding carboxylic acids is 1. The fourth-order valence-corrected chi connectivity index (χ4v) is 7.06. The van der Waals surface area contributed by atoms with Crippen LogP contribution in [0.25, 0.3) is 0 Å². The van der Waals surface area contributed by atoms with E-state index in [1.807, 2.05) is 30.3 Å². The molecule has 2 fully saturated rings. The summed E-state index contributed by atoms with van der Waals surface area (Å²) in [6.07, 6.45) is 4.30. The van der Waals surface area contributed by atoms with Gasteiger partial charge in [-0.2, -0.15) is 4.31 Å². The summed E-state index contributed by atoms with van der Waals surface area (Å²) in [4.78, 5) is 14.7. The van der Waals surface area contributed by atoms with Crippen LogP contribution in [0.1, 0.15) is 44.1 Å². The zero-order valence-corrected chi connectivity index (χ0v) is 23.3. The molecule has 0 spiro atoms. The van der Waals surface area contributed by atoms with E-state index < -0.39 is 21.7 Å². The van der Waals surface area contributed by atoms with Crippen LogP contribution in [0.5, 0.6) is 0 Å². The fraction of sp³-hybridized carbons (Fsp3) is 0.519. The van der Waals surface area contributed by atoms with Gasteiger partial charge in [0.25, 0.3) is 0 Å². The van der Waals surface area contributed by atoms with Crippen LogP contribution in [-0.2, 0) is 26.0 Å². The van der Waals surface area contributed by atoms with Crippen molar-refractivity contribution in [3.05, 3.63) is 64.1 Å². The maximum absolute atomic E-state index is 13.3. The lowest BCUT2D eigenvalue weighted by atomic mass is 9.85. The number of sulfonamides is 1. The van der Waals surface area contributed by atoms with Gasteiger partial charge in [-0.25, -0.2) is 8.42 Å². The highest BCUT2D eigenvalue weighted by Gasteiger charge is 2.38. The molecule has 37 heavy (non-hydrogen) atoms. The summed E-state index contributed by atoms with van der Waals surface area (Å²) in [5.41, 5.74) is 0.256. The Bertz CT molecular complexity index is 1190. The van der Waals surface area contributed by atoms with Gasteiger partial charge in [-0.15, -0.1) is 0 Å². The molecule has 0 radical (unpaired) electrons. The van der Waals surface area contributed by atoms with Gasteiger partial charge in [0.2, 0.25) is 15.9 Å². The molecule has 2 aromatic rings. The lowest BCUT2D eigenvalue weighted by Gasteiger charge is -2.39. The fourth-order valence-electron chi connectivity index (χ4n) is 5.26. The molecule has 1 amide bonds. The van der Waals surface area contributed by atoms with Crippen LogP contribution < -0.4 is 0 Å². The number of aliphatic hydroxyl groups is 1. The van der Waals surface area contributed by atoms with Crippen molar-refractivity contribution in [3.8, 4) is 0 Å². The molecule has 202 valence electrons. The Morgan fingerprint density at radius 3 is 2.43 bits per heavy atom. The smallest absolute Gasteiger partial charge is 0.248 e. The summed E-state index contributed by atoms with van der Waals surface area (Å²) in [5.74, 6) is -0.138. The molecule has 1 saturated carbocycles. The molecule has 4 rings (SSSR count). The predicted octanol–water partition coefficient (Wildman–Crippen LogP) is 4.54. The van der Waals surface area contributed by atoms with Gasteiger partial charge in [0, 0.05) is 26.6 Å². The van der Waals surface area contributed by atoms with Gasteiger partial charge >= 0.3 is 0 Å². The lowest BCUT2D eigenvalue weighted by molar-refractivity contribution is -0.144. The number of hydrogen-bond donors (Lipinski definition) is 1. The summed E-state index contributed by atoms with van der Waals surface area (Å²) >= 11 is 12.0. The molecule has 0 aromatic heterocycles. The number of carbonyl (C=O) groups is 1. The Morgan fingerprint density at radius 2 is 1.76 bits per heavy atom. The van der Waals surface area contributed by atoms with Crippen molar-refractivity contribution >= 4 is 39.1 Å². The molecule has 0 bridgehead atoms. The SMILES string of the molecule is CN(C1CCCCC1OCC(=O)N1CCC(O)(Cc2ccccc2)CC1)S(=O)(=O)c1ccc(Cl)c(Cl)c1. The summed E-state index contributed by atoms with van der Waals surface area (Å²) in [7, 11) is -2.28. The first-order chi connectivity index (χ1) is 17.6. The van der Waals surface area contributed by atoms with Gasteiger partial charge in [0.15, 0.2) is 0 Å². The molecule has 2 atom stereocenters. The summed E-state index contributed by atoms with van der Waals surface area (Å²) in [6.45, 7) is 0.815. The molecule has 2 aliphatic rings. The van der Waals surface area contributed by atoms with E-state index in [9.17, 15) is 18.3 Å². The highest BCUT2D eigenvalue weighted by Crippen LogP contribution is 2.32. The third kappa shape index (κ3) is 6.85. The van der Waals surface area contributed by atoms with E-state index in [2.05, 4.69) is 0 Å². The van der Waals surface area contributed by atoms with E-state index >= 15 is 0 Å². The maximum Gasteiger partial charge on any atom is 0.248 e. The van der Waals surface area contributed by atoms with E-state index in [0.29, 0.717) is 45.2 Å². The van der Waals surface area contributed by atoms with E-state index in [1.165, 1.54) is 22.5 Å². The molecular formula is C27H34Cl2N2O5S. The predicted molar refractivity (Wildman–Crippen MR) is 144 cm³/mol. The summed E-state index contributed by atoms with van der Waals surface area (Å²) in [5, 5.41) is 11.5. The van der Waals surface area contributed by atoms with Crippen molar-refractivity contribution in [3.63, 3.8) is 0 Å².